The lowest BCUT2D eigenvalue weighted by atomic mass is 10.0. The highest BCUT2D eigenvalue weighted by atomic mass is 32.2. The molecule has 0 bridgehead atoms. The molecule has 0 aromatic heterocycles. The molecule has 2 atom stereocenters. The number of hydrogen-bond donors (Lipinski definition) is 1. The summed E-state index contributed by atoms with van der Waals surface area (Å²) in [5, 5.41) is 10.9. The predicted molar refractivity (Wildman–Crippen MR) is 109 cm³/mol. The lowest BCUT2D eigenvalue weighted by Crippen LogP contribution is -2.65. The van der Waals surface area contributed by atoms with Gasteiger partial charge in [0.2, 0.25) is 9.84 Å². The topological polar surface area (TPSA) is 110 Å². The predicted octanol–water partition coefficient (Wildman–Crippen LogP) is 4.13. The van der Waals surface area contributed by atoms with Gasteiger partial charge in [0.25, 0.3) is 14.9 Å². The molecular weight excluding hydrogens is 544 g/mol. The number of benzene rings is 2. The van der Waals surface area contributed by atoms with Crippen LogP contribution in [0.15, 0.2) is 94.4 Å². The third-order valence-electron chi connectivity index (χ3n) is 4.77. The van der Waals surface area contributed by atoms with Gasteiger partial charge >= 0.3 is 12.7 Å². The fraction of sp³-hybridized carbons (Fsp3) is 0.200. The van der Waals surface area contributed by atoms with Gasteiger partial charge in [0, 0.05) is 0 Å². The molecule has 2 aromatic carbocycles. The van der Waals surface area contributed by atoms with Crippen LogP contribution in [0.2, 0.25) is 0 Å². The van der Waals surface area contributed by atoms with Crippen molar-refractivity contribution in [3.63, 3.8) is 0 Å². The van der Waals surface area contributed by atoms with Crippen molar-refractivity contribution in [2.24, 2.45) is 0 Å². The molecule has 0 radical (unpaired) electrons. The van der Waals surface area contributed by atoms with Gasteiger partial charge in [-0.3, -0.25) is 9.94 Å². The van der Waals surface area contributed by atoms with Crippen LogP contribution in [0.5, 0.6) is 0 Å². The number of nitrogens with zero attached hydrogens (tertiary/aromatic N) is 1. The molecule has 0 spiro atoms. The van der Waals surface area contributed by atoms with E-state index in [0.717, 1.165) is 48.5 Å². The van der Waals surface area contributed by atoms with Crippen LogP contribution in [-0.4, -0.2) is 50.2 Å². The molecule has 3 rings (SSSR count). The molecule has 0 saturated heterocycles. The van der Waals surface area contributed by atoms with E-state index in [1.807, 2.05) is 0 Å². The number of alkyl halides is 6. The fourth-order valence-corrected chi connectivity index (χ4v) is 7.10. The van der Waals surface area contributed by atoms with Crippen LogP contribution >= 0.6 is 0 Å². The molecule has 1 aliphatic carbocycles. The summed E-state index contributed by atoms with van der Waals surface area (Å²) in [5.41, 5.74) is 0. The molecule has 2 unspecified atom stereocenters. The maximum atomic E-state index is 13.8. The zero-order valence-electron chi connectivity index (χ0n) is 17.5. The van der Waals surface area contributed by atoms with E-state index in [-0.39, 0.29) is 6.08 Å². The van der Waals surface area contributed by atoms with E-state index in [1.165, 1.54) is 12.1 Å². The summed E-state index contributed by atoms with van der Waals surface area (Å²) >= 11 is 0. The van der Waals surface area contributed by atoms with E-state index in [2.05, 4.69) is 9.47 Å². The summed E-state index contributed by atoms with van der Waals surface area (Å²) in [6.07, 6.45) is -13.4. The first-order chi connectivity index (χ1) is 16.5. The SMILES string of the molecule is O=S(=O)(c1ccccc1)N(O)C1(S(=O)(=O)c2ccccc2)C(OC(F)(F)F)=CC=CC1OC(F)(F)F. The Morgan fingerprint density at radius 1 is 0.806 bits per heavy atom. The van der Waals surface area contributed by atoms with Gasteiger partial charge < -0.3 is 4.74 Å². The maximum Gasteiger partial charge on any atom is 0.572 e. The van der Waals surface area contributed by atoms with Crippen LogP contribution in [0.4, 0.5) is 26.3 Å². The Bertz CT molecular complexity index is 1360. The zero-order chi connectivity index (χ0) is 27.0. The fourth-order valence-electron chi connectivity index (χ4n) is 3.37. The average molecular weight is 559 g/mol. The van der Waals surface area contributed by atoms with Gasteiger partial charge in [-0.1, -0.05) is 48.6 Å². The molecular formula is C20H15F6NO7S2. The second kappa shape index (κ2) is 9.51. The zero-order valence-corrected chi connectivity index (χ0v) is 19.1. The number of sulfone groups is 1. The quantitative estimate of drug-likeness (QED) is 0.401. The van der Waals surface area contributed by atoms with Gasteiger partial charge in [0.05, 0.1) is 9.79 Å². The molecule has 36 heavy (non-hydrogen) atoms. The Hall–Kier alpha value is -2.92. The minimum Gasteiger partial charge on any atom is -0.407 e. The normalized spacial score (nSPS) is 21.3. The van der Waals surface area contributed by atoms with Crippen LogP contribution < -0.4 is 0 Å². The molecule has 1 N–H and O–H groups in total. The average Bonchev–Trinajstić information content (AvgIpc) is 2.78. The van der Waals surface area contributed by atoms with Crippen molar-refractivity contribution in [2.45, 2.75) is 33.5 Å². The highest BCUT2D eigenvalue weighted by molar-refractivity contribution is 7.95. The smallest absolute Gasteiger partial charge is 0.407 e. The summed E-state index contributed by atoms with van der Waals surface area (Å²) < 4.78 is 140. The Balaban J connectivity index is 2.45. The summed E-state index contributed by atoms with van der Waals surface area (Å²) in [5.74, 6) is -1.92. The van der Waals surface area contributed by atoms with Crippen molar-refractivity contribution >= 4 is 19.9 Å². The standard InChI is InChI=1S/C20H15F6NO7S2/c21-19(22,23)33-16-12-7-13-17(34-20(24,25)26)18(16,35(29,30)14-8-3-1-4-9-14)27(28)36(31,32)15-10-5-2-6-11-15/h1-13,16,28H. The lowest BCUT2D eigenvalue weighted by molar-refractivity contribution is -0.351. The first-order valence-corrected chi connectivity index (χ1v) is 12.4. The van der Waals surface area contributed by atoms with Crippen LogP contribution in [0.3, 0.4) is 0 Å². The Labute approximate surface area is 200 Å². The summed E-state index contributed by atoms with van der Waals surface area (Å²) in [6, 6.07) is 10.2. The molecule has 1 aliphatic rings. The van der Waals surface area contributed by atoms with Crippen molar-refractivity contribution in [2.75, 3.05) is 0 Å². The van der Waals surface area contributed by atoms with E-state index >= 15 is 0 Å². The number of halogens is 6. The number of allylic oxidation sites excluding steroid dienone is 2. The van der Waals surface area contributed by atoms with Crippen molar-refractivity contribution in [1.29, 1.82) is 0 Å². The minimum absolute atomic E-state index is 0.258. The lowest BCUT2D eigenvalue weighted by Gasteiger charge is -2.44. The first-order valence-electron chi connectivity index (χ1n) is 9.52. The van der Waals surface area contributed by atoms with Crippen LogP contribution in [-0.2, 0) is 29.3 Å². The van der Waals surface area contributed by atoms with Gasteiger partial charge in [-0.2, -0.15) is 0 Å². The number of rotatable bonds is 7. The Morgan fingerprint density at radius 3 is 1.78 bits per heavy atom. The van der Waals surface area contributed by atoms with Gasteiger partial charge in [-0.15, -0.1) is 26.3 Å². The van der Waals surface area contributed by atoms with Crippen molar-refractivity contribution in [1.82, 2.24) is 4.47 Å². The molecule has 196 valence electrons. The Morgan fingerprint density at radius 2 is 1.31 bits per heavy atom. The second-order valence-electron chi connectivity index (χ2n) is 7.02. The van der Waals surface area contributed by atoms with Crippen molar-refractivity contribution in [3.8, 4) is 0 Å². The van der Waals surface area contributed by atoms with Gasteiger partial charge in [0.15, 0.2) is 0 Å². The molecule has 16 heteroatoms. The summed E-state index contributed by atoms with van der Waals surface area (Å²) in [7, 11) is -11.3. The first kappa shape index (κ1) is 27.7. The molecule has 0 saturated carbocycles. The van der Waals surface area contributed by atoms with E-state index in [4.69, 9.17) is 0 Å². The summed E-state index contributed by atoms with van der Waals surface area (Å²) in [4.78, 5) is -5.97. The Kier molecular flexibility index (Phi) is 7.31. The molecule has 8 nitrogen and oxygen atoms in total. The van der Waals surface area contributed by atoms with Gasteiger partial charge in [-0.05, 0) is 34.8 Å². The maximum absolute atomic E-state index is 13.8. The molecule has 0 aliphatic heterocycles. The third kappa shape index (κ3) is 5.12. The van der Waals surface area contributed by atoms with E-state index in [9.17, 15) is 48.4 Å². The largest absolute Gasteiger partial charge is 0.572 e. The highest BCUT2D eigenvalue weighted by Crippen LogP contribution is 2.47. The van der Waals surface area contributed by atoms with E-state index in [0.29, 0.717) is 12.2 Å². The van der Waals surface area contributed by atoms with Crippen molar-refractivity contribution in [3.05, 3.63) is 84.7 Å². The van der Waals surface area contributed by atoms with E-state index in [1.54, 1.807) is 0 Å². The van der Waals surface area contributed by atoms with Crippen LogP contribution in [0.1, 0.15) is 0 Å². The molecule has 0 fully saturated rings. The second-order valence-corrected chi connectivity index (χ2v) is 10.9. The molecule has 2 aromatic rings. The molecule has 0 heterocycles. The number of ether oxygens (including phenoxy) is 2. The molecule has 0 amide bonds. The minimum atomic E-state index is -5.73. The van der Waals surface area contributed by atoms with Crippen LogP contribution in [0, 0.1) is 0 Å². The van der Waals surface area contributed by atoms with Crippen molar-refractivity contribution < 1.29 is 57.9 Å². The van der Waals surface area contributed by atoms with Crippen LogP contribution in [0.25, 0.3) is 0 Å². The van der Waals surface area contributed by atoms with E-state index < -0.39 is 63.6 Å². The number of sulfonamides is 1. The number of hydrogen-bond acceptors (Lipinski definition) is 7. The number of hydroxylamine groups is 1. The monoisotopic (exact) mass is 559 g/mol. The highest BCUT2D eigenvalue weighted by Gasteiger charge is 2.67. The van der Waals surface area contributed by atoms with Gasteiger partial charge in [0.1, 0.15) is 11.9 Å². The third-order valence-corrected chi connectivity index (χ3v) is 8.82. The summed E-state index contributed by atoms with van der Waals surface area (Å²) in [6.45, 7) is 0. The van der Waals surface area contributed by atoms with Gasteiger partial charge in [-0.25, -0.2) is 16.8 Å².